The molecular formula is C26H28N4O4. The maximum absolute atomic E-state index is 12.7. The zero-order valence-electron chi connectivity index (χ0n) is 18.9. The number of allylic oxidation sites excluding steroid dienone is 2. The maximum Gasteiger partial charge on any atom is 0.337 e. The minimum Gasteiger partial charge on any atom is -0.355 e. The van der Waals surface area contributed by atoms with E-state index >= 15 is 0 Å². The first-order valence-electron chi connectivity index (χ1n) is 11.0. The molecule has 0 aliphatic heterocycles. The fraction of sp³-hybridized carbons (Fsp3) is 0.231. The van der Waals surface area contributed by atoms with Gasteiger partial charge in [-0.2, -0.15) is 0 Å². The lowest BCUT2D eigenvalue weighted by Crippen LogP contribution is -2.55. The van der Waals surface area contributed by atoms with Crippen LogP contribution in [0.2, 0.25) is 0 Å². The van der Waals surface area contributed by atoms with Crippen LogP contribution in [0.3, 0.4) is 0 Å². The molecule has 2 aromatic carbocycles. The first-order chi connectivity index (χ1) is 16.5. The molecule has 0 bridgehead atoms. The van der Waals surface area contributed by atoms with Gasteiger partial charge in [0.15, 0.2) is 0 Å². The predicted molar refractivity (Wildman–Crippen MR) is 132 cm³/mol. The van der Waals surface area contributed by atoms with Crippen LogP contribution in [0, 0.1) is 0 Å². The molecule has 0 saturated carbocycles. The highest BCUT2D eigenvalue weighted by Crippen LogP contribution is 2.27. The molecule has 0 saturated heterocycles. The summed E-state index contributed by atoms with van der Waals surface area (Å²) in [6.07, 6.45) is 3.39. The summed E-state index contributed by atoms with van der Waals surface area (Å²) in [7, 11) is 0. The average molecular weight is 461 g/mol. The van der Waals surface area contributed by atoms with Crippen LogP contribution in [0.25, 0.3) is 0 Å². The summed E-state index contributed by atoms with van der Waals surface area (Å²) in [4.78, 5) is 50.5. The molecule has 0 fully saturated rings. The van der Waals surface area contributed by atoms with E-state index in [4.69, 9.17) is 0 Å². The summed E-state index contributed by atoms with van der Waals surface area (Å²) < 4.78 is 2.49. The number of amides is 1. The Labute approximate surface area is 197 Å². The largest absolute Gasteiger partial charge is 0.355 e. The molecule has 34 heavy (non-hydrogen) atoms. The Kier molecular flexibility index (Phi) is 8.34. The highest BCUT2D eigenvalue weighted by Gasteiger charge is 2.18. The monoisotopic (exact) mass is 460 g/mol. The Bertz CT molecular complexity index is 1230. The van der Waals surface area contributed by atoms with Gasteiger partial charge in [-0.05, 0) is 17.5 Å². The van der Waals surface area contributed by atoms with Gasteiger partial charge < -0.3 is 5.32 Å². The van der Waals surface area contributed by atoms with E-state index in [-0.39, 0.29) is 19.0 Å². The lowest BCUT2D eigenvalue weighted by Gasteiger charge is -2.18. The van der Waals surface area contributed by atoms with E-state index in [1.807, 2.05) is 60.7 Å². The Morgan fingerprint density at radius 3 is 1.65 bits per heavy atom. The smallest absolute Gasteiger partial charge is 0.337 e. The van der Waals surface area contributed by atoms with E-state index in [1.165, 1.54) is 12.2 Å². The SMILES string of the molecule is C=CCn1c(=O)n(CC=C)c(=O)n(CC(=O)NCCC(c2ccccc2)c2ccccc2)c1=O. The molecule has 0 atom stereocenters. The standard InChI is InChI=1S/C26H28N4O4/c1-3-17-28-24(32)29(18-4-2)26(34)30(25(28)33)19-23(31)27-16-15-22(20-11-7-5-8-12-20)21-13-9-6-10-14-21/h3-14,22H,1-2,15-19H2,(H,27,31). The third-order valence-electron chi connectivity index (χ3n) is 5.47. The Hall–Kier alpha value is -4.20. The quantitative estimate of drug-likeness (QED) is 0.442. The number of carbonyl (C=O) groups excluding carboxylic acids is 1. The number of rotatable bonds is 11. The van der Waals surface area contributed by atoms with Crippen molar-refractivity contribution in [1.82, 2.24) is 19.0 Å². The predicted octanol–water partition coefficient (Wildman–Crippen LogP) is 1.88. The normalized spacial score (nSPS) is 10.7. The molecule has 176 valence electrons. The highest BCUT2D eigenvalue weighted by atomic mass is 16.2. The van der Waals surface area contributed by atoms with Crippen LogP contribution in [0.5, 0.6) is 0 Å². The summed E-state index contributed by atoms with van der Waals surface area (Å²) in [5.41, 5.74) is -0.209. The lowest BCUT2D eigenvalue weighted by molar-refractivity contribution is -0.121. The first kappa shape index (κ1) is 24.4. The van der Waals surface area contributed by atoms with Gasteiger partial charge in [-0.15, -0.1) is 13.2 Å². The van der Waals surface area contributed by atoms with E-state index in [0.717, 1.165) is 24.8 Å². The number of nitrogens with one attached hydrogen (secondary N) is 1. The molecule has 0 unspecified atom stereocenters. The fourth-order valence-electron chi connectivity index (χ4n) is 3.84. The molecule has 0 spiro atoms. The van der Waals surface area contributed by atoms with Crippen LogP contribution in [-0.4, -0.2) is 26.2 Å². The van der Waals surface area contributed by atoms with Crippen LogP contribution in [0.1, 0.15) is 23.5 Å². The summed E-state index contributed by atoms with van der Waals surface area (Å²) in [6.45, 7) is 6.77. The molecule has 1 heterocycles. The van der Waals surface area contributed by atoms with Crippen LogP contribution >= 0.6 is 0 Å². The maximum atomic E-state index is 12.7. The minimum absolute atomic E-state index is 0.0738. The molecule has 8 nitrogen and oxygen atoms in total. The van der Waals surface area contributed by atoms with Gasteiger partial charge in [-0.25, -0.2) is 28.1 Å². The topological polar surface area (TPSA) is 95.1 Å². The van der Waals surface area contributed by atoms with E-state index in [1.54, 1.807) is 0 Å². The lowest BCUT2D eigenvalue weighted by atomic mass is 9.88. The summed E-state index contributed by atoms with van der Waals surface area (Å²) >= 11 is 0. The molecule has 1 N–H and O–H groups in total. The van der Waals surface area contributed by atoms with Crippen molar-refractivity contribution >= 4 is 5.91 Å². The van der Waals surface area contributed by atoms with Crippen LogP contribution in [0.4, 0.5) is 0 Å². The van der Waals surface area contributed by atoms with Gasteiger partial charge in [0.2, 0.25) is 5.91 Å². The fourth-order valence-corrected chi connectivity index (χ4v) is 3.84. The third-order valence-corrected chi connectivity index (χ3v) is 5.47. The molecule has 3 aromatic rings. The van der Waals surface area contributed by atoms with Crippen LogP contribution in [-0.2, 0) is 24.4 Å². The Balaban J connectivity index is 1.77. The Morgan fingerprint density at radius 2 is 1.21 bits per heavy atom. The molecule has 1 amide bonds. The number of benzene rings is 2. The van der Waals surface area contributed by atoms with Crippen molar-refractivity contribution < 1.29 is 4.79 Å². The van der Waals surface area contributed by atoms with Gasteiger partial charge in [0.1, 0.15) is 6.54 Å². The molecule has 8 heteroatoms. The number of hydrogen-bond donors (Lipinski definition) is 1. The summed E-state index contributed by atoms with van der Waals surface area (Å²) in [5.74, 6) is -0.419. The summed E-state index contributed by atoms with van der Waals surface area (Å²) in [6, 6.07) is 20.0. The Morgan fingerprint density at radius 1 is 0.765 bits per heavy atom. The molecular weight excluding hydrogens is 432 g/mol. The van der Waals surface area contributed by atoms with Gasteiger partial charge >= 0.3 is 17.1 Å². The second kappa shape index (κ2) is 11.6. The second-order valence-electron chi connectivity index (χ2n) is 7.75. The van der Waals surface area contributed by atoms with Crippen molar-refractivity contribution in [2.45, 2.75) is 32.0 Å². The zero-order valence-corrected chi connectivity index (χ0v) is 18.9. The third kappa shape index (κ3) is 5.58. The molecule has 0 radical (unpaired) electrons. The van der Waals surface area contributed by atoms with Gasteiger partial charge in [0, 0.05) is 12.5 Å². The van der Waals surface area contributed by atoms with Gasteiger partial charge in [-0.3, -0.25) is 4.79 Å². The van der Waals surface area contributed by atoms with Crippen molar-refractivity contribution in [1.29, 1.82) is 0 Å². The second-order valence-corrected chi connectivity index (χ2v) is 7.75. The van der Waals surface area contributed by atoms with Crippen LogP contribution < -0.4 is 22.4 Å². The number of carbonyl (C=O) groups is 1. The van der Waals surface area contributed by atoms with Crippen molar-refractivity contribution in [3.8, 4) is 0 Å². The molecule has 0 aliphatic carbocycles. The van der Waals surface area contributed by atoms with Crippen molar-refractivity contribution in [2.75, 3.05) is 6.54 Å². The van der Waals surface area contributed by atoms with Crippen molar-refractivity contribution in [2.24, 2.45) is 0 Å². The van der Waals surface area contributed by atoms with E-state index in [9.17, 15) is 19.2 Å². The summed E-state index contributed by atoms with van der Waals surface area (Å²) in [5, 5.41) is 2.80. The van der Waals surface area contributed by atoms with Crippen LogP contribution in [0.15, 0.2) is 100 Å². The minimum atomic E-state index is -0.850. The molecule has 3 rings (SSSR count). The van der Waals surface area contributed by atoms with E-state index < -0.39 is 29.5 Å². The molecule has 0 aliphatic rings. The zero-order chi connectivity index (χ0) is 24.5. The first-order valence-corrected chi connectivity index (χ1v) is 11.0. The number of hydrogen-bond acceptors (Lipinski definition) is 4. The number of aromatic nitrogens is 3. The van der Waals surface area contributed by atoms with Crippen molar-refractivity contribution in [3.05, 3.63) is 129 Å². The van der Waals surface area contributed by atoms with Gasteiger partial charge in [0.25, 0.3) is 0 Å². The van der Waals surface area contributed by atoms with E-state index in [2.05, 4.69) is 18.5 Å². The number of nitrogens with zero attached hydrogens (tertiary/aromatic N) is 3. The average Bonchev–Trinajstić information content (AvgIpc) is 2.86. The van der Waals surface area contributed by atoms with Gasteiger partial charge in [-0.1, -0.05) is 72.8 Å². The van der Waals surface area contributed by atoms with Crippen molar-refractivity contribution in [3.63, 3.8) is 0 Å². The van der Waals surface area contributed by atoms with E-state index in [0.29, 0.717) is 13.0 Å². The molecule has 1 aromatic heterocycles. The van der Waals surface area contributed by atoms with Gasteiger partial charge in [0.05, 0.1) is 13.1 Å². The highest BCUT2D eigenvalue weighted by molar-refractivity contribution is 5.75.